The molecule has 2 atom stereocenters. The fraction of sp³-hybridized carbons (Fsp3) is 0.350. The average molecular weight is 448 g/mol. The van der Waals surface area contributed by atoms with E-state index in [1.165, 1.54) is 33.3 Å². The molecule has 1 saturated heterocycles. The molecular weight excluding hydrogens is 429 g/mol. The van der Waals surface area contributed by atoms with E-state index in [0.29, 0.717) is 18.7 Å². The molecule has 1 amide bonds. The van der Waals surface area contributed by atoms with Gasteiger partial charge in [0.1, 0.15) is 17.1 Å². The van der Waals surface area contributed by atoms with Gasteiger partial charge in [-0.05, 0) is 49.2 Å². The number of nitrogens with two attached hydrogens (primary N) is 1. The summed E-state index contributed by atoms with van der Waals surface area (Å²) in [5.41, 5.74) is 7.22. The van der Waals surface area contributed by atoms with Crippen LogP contribution in [0.4, 0.5) is 4.39 Å². The first-order chi connectivity index (χ1) is 14.4. The summed E-state index contributed by atoms with van der Waals surface area (Å²) in [6.07, 6.45) is 4.23. The first-order valence-electron chi connectivity index (χ1n) is 9.63. The van der Waals surface area contributed by atoms with Crippen molar-refractivity contribution in [3.05, 3.63) is 62.3 Å². The number of hydrogen-bond donors (Lipinski definition) is 2. The Morgan fingerprint density at radius 1 is 1.43 bits per heavy atom. The molecule has 4 heterocycles. The largest absolute Gasteiger partial charge is 0.369 e. The molecule has 7 nitrogen and oxygen atoms in total. The molecule has 2 aromatic heterocycles. The molecule has 0 saturated carbocycles. The number of nitrogens with zero attached hydrogens (tertiary/aromatic N) is 3. The van der Waals surface area contributed by atoms with Gasteiger partial charge in [0.2, 0.25) is 0 Å². The second-order valence-corrected chi connectivity index (χ2v) is 9.26. The number of ether oxygens (including phenoxy) is 1. The van der Waals surface area contributed by atoms with Crippen LogP contribution in [0.3, 0.4) is 0 Å². The first kappa shape index (κ1) is 19.6. The Morgan fingerprint density at radius 3 is 3.13 bits per heavy atom. The van der Waals surface area contributed by atoms with Crippen LogP contribution >= 0.6 is 22.9 Å². The number of halogens is 2. The lowest BCUT2D eigenvalue weighted by atomic mass is 9.82. The summed E-state index contributed by atoms with van der Waals surface area (Å²) in [6.45, 7) is 1.44. The molecule has 30 heavy (non-hydrogen) atoms. The van der Waals surface area contributed by atoms with Crippen LogP contribution in [0.5, 0.6) is 0 Å². The molecule has 0 unspecified atom stereocenters. The van der Waals surface area contributed by atoms with Crippen molar-refractivity contribution in [3.63, 3.8) is 0 Å². The molecule has 2 aliphatic rings. The fourth-order valence-electron chi connectivity index (χ4n) is 4.29. The fourth-order valence-corrected chi connectivity index (χ4v) is 5.78. The number of hydrogen-bond acceptors (Lipinski definition) is 6. The van der Waals surface area contributed by atoms with E-state index in [0.717, 1.165) is 29.4 Å². The van der Waals surface area contributed by atoms with Gasteiger partial charge in [-0.3, -0.25) is 4.79 Å². The Hall–Kier alpha value is -2.33. The molecule has 156 valence electrons. The number of benzene rings is 1. The number of rotatable bonds is 3. The molecule has 5 rings (SSSR count). The van der Waals surface area contributed by atoms with Crippen molar-refractivity contribution in [2.24, 2.45) is 5.73 Å². The molecule has 0 aliphatic carbocycles. The number of aromatic nitrogens is 3. The highest BCUT2D eigenvalue weighted by atomic mass is 35.5. The summed E-state index contributed by atoms with van der Waals surface area (Å²) in [5, 5.41) is 12.0. The number of primary amides is 1. The zero-order valence-electron chi connectivity index (χ0n) is 15.9. The lowest BCUT2D eigenvalue weighted by Crippen LogP contribution is -2.45. The summed E-state index contributed by atoms with van der Waals surface area (Å²) in [4.78, 5) is 12.6. The topological polar surface area (TPSA) is 95.1 Å². The third kappa shape index (κ3) is 3.31. The van der Waals surface area contributed by atoms with Crippen molar-refractivity contribution in [2.75, 3.05) is 13.2 Å². The predicted molar refractivity (Wildman–Crippen MR) is 110 cm³/mol. The molecule has 3 N–H and O–H groups in total. The zero-order valence-corrected chi connectivity index (χ0v) is 17.5. The number of carbonyl (C=O) groups is 1. The first-order valence-corrected chi connectivity index (χ1v) is 10.8. The minimum atomic E-state index is -0.828. The standard InChI is InChI=1S/C20H19ClFN5O2S/c21-17-7-11-3-6-29-20(18(11)30-17)4-5-24-15(9-20)16-10-27(26-25-16)12-1-2-14(22)13(8-12)19(23)28/h1-2,7-8,10,15,24H,3-6,9H2,(H2,23,28)/t15-,20-/m0/s1. The van der Waals surface area contributed by atoms with Crippen molar-refractivity contribution in [1.82, 2.24) is 20.3 Å². The molecule has 1 aromatic carbocycles. The Balaban J connectivity index is 1.44. The van der Waals surface area contributed by atoms with Crippen LogP contribution in [0.1, 0.15) is 45.4 Å². The van der Waals surface area contributed by atoms with Crippen LogP contribution in [0, 0.1) is 5.82 Å². The number of nitrogens with one attached hydrogen (secondary N) is 1. The predicted octanol–water partition coefficient (Wildman–Crippen LogP) is 3.11. The second-order valence-electron chi connectivity index (χ2n) is 7.57. The van der Waals surface area contributed by atoms with E-state index < -0.39 is 11.7 Å². The van der Waals surface area contributed by atoms with Gasteiger partial charge in [0.15, 0.2) is 0 Å². The maximum Gasteiger partial charge on any atom is 0.251 e. The van der Waals surface area contributed by atoms with Crippen molar-refractivity contribution < 1.29 is 13.9 Å². The molecule has 0 radical (unpaired) electrons. The zero-order chi connectivity index (χ0) is 20.9. The maximum absolute atomic E-state index is 13.8. The second kappa shape index (κ2) is 7.42. The van der Waals surface area contributed by atoms with Gasteiger partial charge in [-0.15, -0.1) is 16.4 Å². The Kier molecular flexibility index (Phi) is 4.85. The van der Waals surface area contributed by atoms with Crippen molar-refractivity contribution in [1.29, 1.82) is 0 Å². The van der Waals surface area contributed by atoms with Crippen LogP contribution < -0.4 is 11.1 Å². The molecule has 2 aliphatic heterocycles. The average Bonchev–Trinajstić information content (AvgIpc) is 3.36. The van der Waals surface area contributed by atoms with E-state index in [1.54, 1.807) is 17.5 Å². The van der Waals surface area contributed by atoms with Gasteiger partial charge in [-0.25, -0.2) is 9.07 Å². The van der Waals surface area contributed by atoms with Crippen molar-refractivity contribution in [2.45, 2.75) is 30.9 Å². The minimum absolute atomic E-state index is 0.0598. The van der Waals surface area contributed by atoms with Gasteiger partial charge in [0.05, 0.1) is 34.4 Å². The quantitative estimate of drug-likeness (QED) is 0.643. The molecular formula is C20H19ClFN5O2S. The summed E-state index contributed by atoms with van der Waals surface area (Å²) in [5.74, 6) is -1.49. The van der Waals surface area contributed by atoms with Gasteiger partial charge < -0.3 is 15.8 Å². The lowest BCUT2D eigenvalue weighted by Gasteiger charge is -2.43. The SMILES string of the molecule is NC(=O)c1cc(-n2cc([C@@H]3C[C@]4(CCN3)OCCc3cc(Cl)sc34)nn2)ccc1F. The van der Waals surface area contributed by atoms with Gasteiger partial charge in [0.25, 0.3) is 5.91 Å². The van der Waals surface area contributed by atoms with E-state index in [-0.39, 0.29) is 17.2 Å². The van der Waals surface area contributed by atoms with Crippen LogP contribution in [0.2, 0.25) is 4.34 Å². The monoisotopic (exact) mass is 447 g/mol. The molecule has 1 spiro atoms. The van der Waals surface area contributed by atoms with E-state index in [2.05, 4.69) is 15.6 Å². The normalized spacial score (nSPS) is 23.5. The van der Waals surface area contributed by atoms with Crippen LogP contribution in [0.15, 0.2) is 30.5 Å². The third-order valence-electron chi connectivity index (χ3n) is 5.74. The highest BCUT2D eigenvalue weighted by Crippen LogP contribution is 2.48. The van der Waals surface area contributed by atoms with Crippen LogP contribution in [-0.2, 0) is 16.8 Å². The summed E-state index contributed by atoms with van der Waals surface area (Å²) < 4.78 is 22.4. The van der Waals surface area contributed by atoms with Crippen LogP contribution in [-0.4, -0.2) is 34.1 Å². The van der Waals surface area contributed by atoms with Crippen LogP contribution in [0.25, 0.3) is 5.69 Å². The highest BCUT2D eigenvalue weighted by Gasteiger charge is 2.44. The van der Waals surface area contributed by atoms with Gasteiger partial charge in [-0.2, -0.15) is 0 Å². The Morgan fingerprint density at radius 2 is 2.30 bits per heavy atom. The van der Waals surface area contributed by atoms with Crippen molar-refractivity contribution >= 4 is 28.8 Å². The van der Waals surface area contributed by atoms with E-state index in [4.69, 9.17) is 22.1 Å². The highest BCUT2D eigenvalue weighted by molar-refractivity contribution is 7.16. The van der Waals surface area contributed by atoms with E-state index in [1.807, 2.05) is 6.07 Å². The third-order valence-corrected chi connectivity index (χ3v) is 7.24. The van der Waals surface area contributed by atoms with Crippen molar-refractivity contribution in [3.8, 4) is 5.69 Å². The number of piperidine rings is 1. The molecule has 0 bridgehead atoms. The van der Waals surface area contributed by atoms with Gasteiger partial charge in [0, 0.05) is 11.3 Å². The molecule has 1 fully saturated rings. The number of carbonyl (C=O) groups excluding carboxylic acids is 1. The lowest BCUT2D eigenvalue weighted by molar-refractivity contribution is -0.0871. The Labute approximate surface area is 181 Å². The molecule has 3 aromatic rings. The van der Waals surface area contributed by atoms with Gasteiger partial charge in [-0.1, -0.05) is 16.8 Å². The van der Waals surface area contributed by atoms with Gasteiger partial charge >= 0.3 is 0 Å². The summed E-state index contributed by atoms with van der Waals surface area (Å²) in [6, 6.07) is 6.08. The maximum atomic E-state index is 13.8. The summed E-state index contributed by atoms with van der Waals surface area (Å²) in [7, 11) is 0. The smallest absolute Gasteiger partial charge is 0.251 e. The van der Waals surface area contributed by atoms with E-state index in [9.17, 15) is 9.18 Å². The Bertz CT molecular complexity index is 1130. The number of thiophene rings is 1. The summed E-state index contributed by atoms with van der Waals surface area (Å²) >= 11 is 7.88. The number of fused-ring (bicyclic) bond motifs is 2. The molecule has 10 heteroatoms. The van der Waals surface area contributed by atoms with E-state index >= 15 is 0 Å². The minimum Gasteiger partial charge on any atom is -0.369 e. The number of amides is 1.